The highest BCUT2D eigenvalue weighted by molar-refractivity contribution is 7.13. The van der Waals surface area contributed by atoms with Crippen molar-refractivity contribution in [1.82, 2.24) is 4.98 Å². The number of nitro groups is 1. The van der Waals surface area contributed by atoms with Gasteiger partial charge in [-0.1, -0.05) is 0 Å². The molecule has 1 aromatic carbocycles. The number of nitrogens with zero attached hydrogens (tertiary/aromatic N) is 2. The van der Waals surface area contributed by atoms with E-state index in [4.69, 9.17) is 0 Å². The second-order valence-corrected chi connectivity index (χ2v) is 4.56. The highest BCUT2D eigenvalue weighted by Crippen LogP contribution is 2.25. The number of rotatable bonds is 4. The van der Waals surface area contributed by atoms with Crippen molar-refractivity contribution in [3.8, 4) is 10.6 Å². The molecule has 19 heavy (non-hydrogen) atoms. The summed E-state index contributed by atoms with van der Waals surface area (Å²) in [5.41, 5.74) is 1.45. The first-order valence-electron chi connectivity index (χ1n) is 5.36. The largest absolute Gasteiger partial charge is 0.469 e. The number of esters is 1. The summed E-state index contributed by atoms with van der Waals surface area (Å²) >= 11 is 1.38. The number of benzene rings is 1. The number of nitro benzene ring substituents is 1. The first-order valence-corrected chi connectivity index (χ1v) is 6.24. The molecule has 0 atom stereocenters. The molecule has 0 saturated carbocycles. The molecule has 0 saturated heterocycles. The minimum Gasteiger partial charge on any atom is -0.469 e. The monoisotopic (exact) mass is 278 g/mol. The third-order valence-corrected chi connectivity index (χ3v) is 3.37. The van der Waals surface area contributed by atoms with Crippen LogP contribution in [-0.4, -0.2) is 23.0 Å². The van der Waals surface area contributed by atoms with Crippen molar-refractivity contribution in [3.05, 3.63) is 45.5 Å². The van der Waals surface area contributed by atoms with Crippen LogP contribution in [-0.2, 0) is 16.0 Å². The van der Waals surface area contributed by atoms with Crippen molar-refractivity contribution >= 4 is 23.0 Å². The SMILES string of the molecule is COC(=O)Cc1csc(-c2ccc([N+](=O)[O-])cc2)n1. The number of methoxy groups -OCH3 is 1. The van der Waals surface area contributed by atoms with Crippen LogP contribution in [0.4, 0.5) is 5.69 Å². The first kappa shape index (κ1) is 13.2. The molecular weight excluding hydrogens is 268 g/mol. The first-order chi connectivity index (χ1) is 9.10. The van der Waals surface area contributed by atoms with Crippen molar-refractivity contribution in [2.24, 2.45) is 0 Å². The van der Waals surface area contributed by atoms with Crippen LogP contribution in [0.3, 0.4) is 0 Å². The Morgan fingerprint density at radius 3 is 2.68 bits per heavy atom. The van der Waals surface area contributed by atoms with Gasteiger partial charge < -0.3 is 4.74 Å². The number of hydrogen-bond donors (Lipinski definition) is 0. The lowest BCUT2D eigenvalue weighted by Gasteiger charge is -1.96. The predicted octanol–water partition coefficient (Wildman–Crippen LogP) is 2.43. The van der Waals surface area contributed by atoms with Gasteiger partial charge in [0.1, 0.15) is 5.01 Å². The molecule has 98 valence electrons. The van der Waals surface area contributed by atoms with Crippen molar-refractivity contribution in [2.75, 3.05) is 7.11 Å². The van der Waals surface area contributed by atoms with Crippen molar-refractivity contribution < 1.29 is 14.5 Å². The molecule has 0 fully saturated rings. The average molecular weight is 278 g/mol. The fraction of sp³-hybridized carbons (Fsp3) is 0.167. The van der Waals surface area contributed by atoms with E-state index in [-0.39, 0.29) is 18.1 Å². The Morgan fingerprint density at radius 2 is 2.11 bits per heavy atom. The molecule has 0 radical (unpaired) electrons. The molecule has 0 spiro atoms. The Kier molecular flexibility index (Phi) is 3.86. The lowest BCUT2D eigenvalue weighted by atomic mass is 10.2. The van der Waals surface area contributed by atoms with Crippen molar-refractivity contribution in [2.45, 2.75) is 6.42 Å². The quantitative estimate of drug-likeness (QED) is 0.487. The highest BCUT2D eigenvalue weighted by atomic mass is 32.1. The van der Waals surface area contributed by atoms with Crippen molar-refractivity contribution in [1.29, 1.82) is 0 Å². The minimum absolute atomic E-state index is 0.0371. The molecule has 2 aromatic rings. The number of thiazole rings is 1. The van der Waals surface area contributed by atoms with E-state index in [0.29, 0.717) is 10.7 Å². The second-order valence-electron chi connectivity index (χ2n) is 3.70. The van der Waals surface area contributed by atoms with Gasteiger partial charge in [-0.3, -0.25) is 14.9 Å². The van der Waals surface area contributed by atoms with E-state index in [1.54, 1.807) is 17.5 Å². The predicted molar refractivity (Wildman–Crippen MR) is 69.9 cm³/mol. The molecule has 7 heteroatoms. The fourth-order valence-corrected chi connectivity index (χ4v) is 2.29. The van der Waals surface area contributed by atoms with Gasteiger partial charge in [0.15, 0.2) is 0 Å². The van der Waals surface area contributed by atoms with Crippen LogP contribution >= 0.6 is 11.3 Å². The van der Waals surface area contributed by atoms with Crippen molar-refractivity contribution in [3.63, 3.8) is 0 Å². The lowest BCUT2D eigenvalue weighted by molar-refractivity contribution is -0.384. The smallest absolute Gasteiger partial charge is 0.311 e. The zero-order valence-electron chi connectivity index (χ0n) is 10.0. The van der Waals surface area contributed by atoms with Crippen LogP contribution < -0.4 is 0 Å². The number of ether oxygens (including phenoxy) is 1. The Labute approximate surface area is 112 Å². The maximum Gasteiger partial charge on any atom is 0.311 e. The molecule has 0 aliphatic heterocycles. The van der Waals surface area contributed by atoms with Crippen LogP contribution in [0.15, 0.2) is 29.6 Å². The Hall–Kier alpha value is -2.28. The summed E-state index contributed by atoms with van der Waals surface area (Å²) in [7, 11) is 1.33. The third kappa shape index (κ3) is 3.14. The van der Waals surface area contributed by atoms with Crippen LogP contribution in [0.5, 0.6) is 0 Å². The number of carbonyl (C=O) groups is 1. The van der Waals surface area contributed by atoms with Gasteiger partial charge in [0.05, 0.1) is 24.1 Å². The summed E-state index contributed by atoms with van der Waals surface area (Å²) in [6.45, 7) is 0. The molecule has 1 heterocycles. The fourth-order valence-electron chi connectivity index (χ4n) is 1.47. The zero-order valence-corrected chi connectivity index (χ0v) is 10.8. The van der Waals surface area contributed by atoms with Gasteiger partial charge in [-0.2, -0.15) is 0 Å². The molecule has 6 nitrogen and oxygen atoms in total. The van der Waals surface area contributed by atoms with E-state index in [1.165, 1.54) is 30.6 Å². The lowest BCUT2D eigenvalue weighted by Crippen LogP contribution is -2.04. The van der Waals surface area contributed by atoms with Gasteiger partial charge in [0, 0.05) is 23.1 Å². The number of aromatic nitrogens is 1. The van der Waals surface area contributed by atoms with E-state index in [2.05, 4.69) is 9.72 Å². The van der Waals surface area contributed by atoms with Crippen LogP contribution in [0, 0.1) is 10.1 Å². The molecular formula is C12H10N2O4S. The normalized spacial score (nSPS) is 10.2. The standard InChI is InChI=1S/C12H10N2O4S/c1-18-11(15)6-9-7-19-12(13-9)8-2-4-10(5-3-8)14(16)17/h2-5,7H,6H2,1H3. The van der Waals surface area contributed by atoms with Gasteiger partial charge in [-0.15, -0.1) is 11.3 Å². The molecule has 0 aliphatic rings. The zero-order chi connectivity index (χ0) is 13.8. The summed E-state index contributed by atoms with van der Waals surface area (Å²) in [6, 6.07) is 6.13. The van der Waals surface area contributed by atoms with Crippen LogP contribution in [0.2, 0.25) is 0 Å². The summed E-state index contributed by atoms with van der Waals surface area (Å²) in [6.07, 6.45) is 0.125. The summed E-state index contributed by atoms with van der Waals surface area (Å²) in [5.74, 6) is -0.347. The Morgan fingerprint density at radius 1 is 1.42 bits per heavy atom. The minimum atomic E-state index is -0.450. The topological polar surface area (TPSA) is 82.3 Å². The average Bonchev–Trinajstić information content (AvgIpc) is 2.87. The Bertz CT molecular complexity index is 606. The Balaban J connectivity index is 2.18. The van der Waals surface area contributed by atoms with E-state index < -0.39 is 4.92 Å². The molecule has 0 bridgehead atoms. The second kappa shape index (κ2) is 5.57. The van der Waals surface area contributed by atoms with Gasteiger partial charge in [-0.05, 0) is 12.1 Å². The van der Waals surface area contributed by atoms with Gasteiger partial charge >= 0.3 is 5.97 Å². The molecule has 0 amide bonds. The van der Waals surface area contributed by atoms with Gasteiger partial charge in [0.2, 0.25) is 0 Å². The molecule has 2 rings (SSSR count). The number of carbonyl (C=O) groups excluding carboxylic acids is 1. The van der Waals surface area contributed by atoms with E-state index in [1.807, 2.05) is 0 Å². The van der Waals surface area contributed by atoms with E-state index >= 15 is 0 Å². The summed E-state index contributed by atoms with van der Waals surface area (Å²) in [4.78, 5) is 25.5. The highest BCUT2D eigenvalue weighted by Gasteiger charge is 2.10. The number of non-ortho nitro benzene ring substituents is 1. The summed E-state index contributed by atoms with van der Waals surface area (Å²) < 4.78 is 4.56. The van der Waals surface area contributed by atoms with Gasteiger partial charge in [-0.25, -0.2) is 4.98 Å². The van der Waals surface area contributed by atoms with E-state index in [0.717, 1.165) is 5.56 Å². The molecule has 0 N–H and O–H groups in total. The van der Waals surface area contributed by atoms with Gasteiger partial charge in [0.25, 0.3) is 5.69 Å². The molecule has 1 aromatic heterocycles. The maximum absolute atomic E-state index is 11.1. The van der Waals surface area contributed by atoms with E-state index in [9.17, 15) is 14.9 Å². The maximum atomic E-state index is 11.1. The molecule has 0 aliphatic carbocycles. The summed E-state index contributed by atoms with van der Waals surface area (Å²) in [5, 5.41) is 13.0. The van der Waals surface area contributed by atoms with Crippen LogP contribution in [0.1, 0.15) is 5.69 Å². The van der Waals surface area contributed by atoms with Crippen LogP contribution in [0.25, 0.3) is 10.6 Å². The third-order valence-electron chi connectivity index (χ3n) is 2.43. The molecule has 0 unspecified atom stereocenters. The number of hydrogen-bond acceptors (Lipinski definition) is 6.